The first-order chi connectivity index (χ1) is 18.8. The number of carboxylic acid groups (broad SMARTS) is 2. The Morgan fingerprint density at radius 2 is 1.27 bits per heavy atom. The van der Waals surface area contributed by atoms with Gasteiger partial charge in [0, 0.05) is 11.1 Å². The number of carbonyl (C=O) groups is 4. The van der Waals surface area contributed by atoms with Crippen LogP contribution in [-0.2, 0) is 0 Å². The summed E-state index contributed by atoms with van der Waals surface area (Å²) in [6, 6.07) is 5.31. The van der Waals surface area contributed by atoms with E-state index >= 15 is 0 Å². The summed E-state index contributed by atoms with van der Waals surface area (Å²) < 4.78 is 11.3. The zero-order valence-corrected chi connectivity index (χ0v) is 20.5. The van der Waals surface area contributed by atoms with Gasteiger partial charge >= 0.3 is 11.9 Å². The van der Waals surface area contributed by atoms with Crippen molar-refractivity contribution in [1.29, 1.82) is 0 Å². The van der Waals surface area contributed by atoms with E-state index in [0.29, 0.717) is 0 Å². The third-order valence-corrected chi connectivity index (χ3v) is 6.46. The molecule has 40 heavy (non-hydrogen) atoms. The van der Waals surface area contributed by atoms with Crippen LogP contribution >= 0.6 is 0 Å². The summed E-state index contributed by atoms with van der Waals surface area (Å²) in [6.07, 6.45) is 0.910. The number of rotatable bonds is 5. The van der Waals surface area contributed by atoms with Crippen molar-refractivity contribution in [3.8, 4) is 22.6 Å². The molecule has 0 aliphatic rings. The molecule has 12 heteroatoms. The van der Waals surface area contributed by atoms with Gasteiger partial charge in [-0.3, -0.25) is 19.2 Å². The largest absolute Gasteiger partial charge is 0.507 e. The Morgan fingerprint density at radius 3 is 1.80 bits per heavy atom. The van der Waals surface area contributed by atoms with E-state index in [0.717, 1.165) is 44.4 Å². The molecule has 5 rings (SSSR count). The molecule has 0 fully saturated rings. The van der Waals surface area contributed by atoms with Crippen LogP contribution in [0.15, 0.2) is 55.0 Å². The Hall–Kier alpha value is -5.78. The molecule has 0 aliphatic carbocycles. The van der Waals surface area contributed by atoms with Crippen LogP contribution in [-0.4, -0.2) is 43.9 Å². The molecule has 0 radical (unpaired) electrons. The highest BCUT2D eigenvalue weighted by Crippen LogP contribution is 2.37. The van der Waals surface area contributed by atoms with Gasteiger partial charge in [-0.25, -0.2) is 9.59 Å². The van der Waals surface area contributed by atoms with E-state index < -0.39 is 78.9 Å². The van der Waals surface area contributed by atoms with Gasteiger partial charge in [-0.2, -0.15) is 0 Å². The maximum atomic E-state index is 13.7. The Kier molecular flexibility index (Phi) is 5.76. The van der Waals surface area contributed by atoms with E-state index in [1.807, 2.05) is 0 Å². The molecule has 0 unspecified atom stereocenters. The number of hydrogen-bond donors (Lipinski definition) is 4. The average Bonchev–Trinajstić information content (AvgIpc) is 2.88. The minimum Gasteiger partial charge on any atom is -0.507 e. The molecule has 0 saturated carbocycles. The second kappa shape index (κ2) is 8.91. The van der Waals surface area contributed by atoms with Crippen molar-refractivity contribution < 1.29 is 48.4 Å². The van der Waals surface area contributed by atoms with Crippen LogP contribution in [0.1, 0.15) is 55.3 Å². The fraction of sp³-hybridized carbons (Fsp3) is 0.0714. The van der Waals surface area contributed by atoms with Crippen molar-refractivity contribution in [3.05, 3.63) is 79.3 Å². The lowest BCUT2D eigenvalue weighted by atomic mass is 9.88. The third kappa shape index (κ3) is 3.61. The highest BCUT2D eigenvalue weighted by molar-refractivity contribution is 6.18. The minimum absolute atomic E-state index is 0.197. The molecule has 0 amide bonds. The first kappa shape index (κ1) is 25.9. The average molecular weight is 544 g/mol. The van der Waals surface area contributed by atoms with Gasteiger partial charge in [0.1, 0.15) is 45.6 Å². The molecule has 2 aromatic heterocycles. The van der Waals surface area contributed by atoms with Crippen LogP contribution in [0.2, 0.25) is 0 Å². The van der Waals surface area contributed by atoms with Crippen LogP contribution in [0.5, 0.6) is 11.5 Å². The summed E-state index contributed by atoms with van der Waals surface area (Å²) in [5, 5.41) is 38.0. The second-order valence-corrected chi connectivity index (χ2v) is 8.85. The van der Waals surface area contributed by atoms with Gasteiger partial charge in [0.2, 0.25) is 10.9 Å². The third-order valence-electron chi connectivity index (χ3n) is 6.46. The number of fused-ring (bicyclic) bond motifs is 3. The summed E-state index contributed by atoms with van der Waals surface area (Å²) in [4.78, 5) is 76.7. The molecular weight excluding hydrogens is 528 g/mol. The van der Waals surface area contributed by atoms with Gasteiger partial charge in [-0.1, -0.05) is 0 Å². The number of benzene rings is 3. The fourth-order valence-corrected chi connectivity index (χ4v) is 4.77. The lowest BCUT2D eigenvalue weighted by molar-refractivity contribution is 0.0684. The number of ketones is 2. The fourth-order valence-electron chi connectivity index (χ4n) is 4.77. The van der Waals surface area contributed by atoms with Gasteiger partial charge in [0.05, 0.1) is 27.3 Å². The topological polar surface area (TPSA) is 210 Å². The summed E-state index contributed by atoms with van der Waals surface area (Å²) in [7, 11) is 0. The van der Waals surface area contributed by atoms with Crippen molar-refractivity contribution in [3.63, 3.8) is 0 Å². The van der Waals surface area contributed by atoms with Crippen LogP contribution in [0.3, 0.4) is 0 Å². The number of hydrogen-bond acceptors (Lipinski definition) is 10. The van der Waals surface area contributed by atoms with Crippen molar-refractivity contribution in [2.75, 3.05) is 0 Å². The first-order valence-electron chi connectivity index (χ1n) is 11.4. The molecule has 12 nitrogen and oxygen atoms in total. The maximum Gasteiger partial charge on any atom is 0.340 e. The van der Waals surface area contributed by atoms with Crippen LogP contribution in [0.25, 0.3) is 44.0 Å². The number of carboxylic acids is 2. The molecule has 0 saturated heterocycles. The number of phenols is 2. The Morgan fingerprint density at radius 1 is 0.725 bits per heavy atom. The smallest absolute Gasteiger partial charge is 0.340 e. The summed E-state index contributed by atoms with van der Waals surface area (Å²) >= 11 is 0. The van der Waals surface area contributed by atoms with Gasteiger partial charge in [0.15, 0.2) is 11.6 Å². The monoisotopic (exact) mass is 544 g/mol. The van der Waals surface area contributed by atoms with Crippen LogP contribution in [0.4, 0.5) is 0 Å². The quantitative estimate of drug-likeness (QED) is 0.183. The molecule has 0 atom stereocenters. The molecule has 5 aromatic rings. The van der Waals surface area contributed by atoms with Crippen molar-refractivity contribution in [2.24, 2.45) is 0 Å². The summed E-state index contributed by atoms with van der Waals surface area (Å²) in [5.41, 5.74) is -5.85. The molecule has 0 spiro atoms. The maximum absolute atomic E-state index is 13.7. The Bertz CT molecular complexity index is 2130. The zero-order valence-electron chi connectivity index (χ0n) is 20.5. The van der Waals surface area contributed by atoms with E-state index in [1.165, 1.54) is 6.07 Å². The molecule has 0 aliphatic heterocycles. The molecule has 200 valence electrons. The van der Waals surface area contributed by atoms with E-state index in [-0.39, 0.29) is 33.3 Å². The van der Waals surface area contributed by atoms with E-state index in [2.05, 4.69) is 0 Å². The van der Waals surface area contributed by atoms with E-state index in [9.17, 15) is 49.2 Å². The molecule has 4 N–H and O–H groups in total. The van der Waals surface area contributed by atoms with Crippen molar-refractivity contribution in [2.45, 2.75) is 13.8 Å². The normalized spacial score (nSPS) is 11.2. The van der Waals surface area contributed by atoms with Crippen molar-refractivity contribution >= 4 is 56.4 Å². The van der Waals surface area contributed by atoms with Gasteiger partial charge in [0.25, 0.3) is 0 Å². The number of Topliss-reactive ketones (excluding diaryl/α,β-unsaturated/α-hetero) is 2. The van der Waals surface area contributed by atoms with Gasteiger partial charge < -0.3 is 29.3 Å². The lowest BCUT2D eigenvalue weighted by Gasteiger charge is -2.15. The Labute approximate surface area is 220 Å². The van der Waals surface area contributed by atoms with Crippen LogP contribution in [0, 0.1) is 0 Å². The zero-order chi connectivity index (χ0) is 29.2. The predicted octanol–water partition coefficient (Wildman–Crippen LogP) is 3.93. The molecular formula is C28H16O12. The summed E-state index contributed by atoms with van der Waals surface area (Å²) in [5.74, 6) is -6.20. The first-order valence-corrected chi connectivity index (χ1v) is 11.4. The molecule has 3 aromatic carbocycles. The van der Waals surface area contributed by atoms with Crippen LogP contribution < -0.4 is 10.9 Å². The predicted molar refractivity (Wildman–Crippen MR) is 139 cm³/mol. The SMILES string of the molecule is CC(=O)c1cc2c(=O)c3c(C(=O)O)c(O)ccc3oc2c(C(C)=O)c1-c1coc2ccc(O)c(C(=O)O)c2c1=O. The van der Waals surface area contributed by atoms with Crippen molar-refractivity contribution in [1.82, 2.24) is 0 Å². The highest BCUT2D eigenvalue weighted by Gasteiger charge is 2.29. The van der Waals surface area contributed by atoms with E-state index in [4.69, 9.17) is 8.83 Å². The minimum atomic E-state index is -1.64. The molecule has 2 heterocycles. The number of carbonyl (C=O) groups excluding carboxylic acids is 2. The summed E-state index contributed by atoms with van der Waals surface area (Å²) in [6.45, 7) is 2.16. The highest BCUT2D eigenvalue weighted by atomic mass is 16.4. The Balaban J connectivity index is 2.04. The van der Waals surface area contributed by atoms with E-state index in [1.54, 1.807) is 0 Å². The van der Waals surface area contributed by atoms with Gasteiger partial charge in [-0.05, 0) is 44.2 Å². The second-order valence-electron chi connectivity index (χ2n) is 8.85. The van der Waals surface area contributed by atoms with Gasteiger partial charge in [-0.15, -0.1) is 0 Å². The lowest BCUT2D eigenvalue weighted by Crippen LogP contribution is -2.16. The number of aromatic carboxylic acids is 2. The molecule has 0 bridgehead atoms. The standard InChI is InChI=1S/C28H16O12/c1-9(29)11-7-12-24(33)23-17(6-4-15(32)21(23)28(37)38)40-26(12)18(10(2)30)19(11)13-8-39-16-5-3-14(31)20(27(35)36)22(16)25(13)34/h3-8,31-32H,1-2H3,(H,35,36)(H,37,38). The number of aromatic hydroxyl groups is 2.